The summed E-state index contributed by atoms with van der Waals surface area (Å²) in [7, 11) is 1.97. The topological polar surface area (TPSA) is 29.9 Å². The lowest BCUT2D eigenvalue weighted by Gasteiger charge is -2.05. The molecular weight excluding hydrogens is 246 g/mol. The molecule has 0 atom stereocenters. The first-order chi connectivity index (χ1) is 8.63. The molecule has 1 N–H and O–H groups in total. The fourth-order valence-corrected chi connectivity index (χ4v) is 2.25. The smallest absolute Gasteiger partial charge is 0.0649 e. The number of aryl methyl sites for hydroxylation is 1. The Morgan fingerprint density at radius 2 is 1.89 bits per heavy atom. The minimum Gasteiger partial charge on any atom is -0.319 e. The fraction of sp³-hybridized carbons (Fsp3) is 0.357. The van der Waals surface area contributed by atoms with E-state index in [1.807, 2.05) is 36.0 Å². The van der Waals surface area contributed by atoms with E-state index in [2.05, 4.69) is 24.3 Å². The summed E-state index contributed by atoms with van der Waals surface area (Å²) in [6.07, 6.45) is 1.00. The van der Waals surface area contributed by atoms with Gasteiger partial charge in [-0.15, -0.1) is 0 Å². The van der Waals surface area contributed by atoms with E-state index in [0.717, 1.165) is 29.4 Å². The summed E-state index contributed by atoms with van der Waals surface area (Å²) >= 11 is 5.91. The van der Waals surface area contributed by atoms with Crippen LogP contribution in [0.3, 0.4) is 0 Å². The highest BCUT2D eigenvalue weighted by atomic mass is 35.5. The van der Waals surface area contributed by atoms with Gasteiger partial charge >= 0.3 is 0 Å². The summed E-state index contributed by atoms with van der Waals surface area (Å²) in [5.41, 5.74) is 4.66. The number of aromatic nitrogens is 2. The fourth-order valence-electron chi connectivity index (χ4n) is 2.12. The van der Waals surface area contributed by atoms with Crippen LogP contribution in [0.5, 0.6) is 0 Å². The SMILES string of the molecule is CNCCc1c(C)nn(-c2ccc(Cl)cc2)c1C. The second-order valence-corrected chi connectivity index (χ2v) is 4.83. The number of likely N-dealkylation sites (N-methyl/N-ethyl adjacent to an activating group) is 1. The lowest BCUT2D eigenvalue weighted by atomic mass is 10.1. The number of rotatable bonds is 4. The third-order valence-corrected chi connectivity index (χ3v) is 3.39. The zero-order chi connectivity index (χ0) is 13.1. The van der Waals surface area contributed by atoms with Gasteiger partial charge in [0.2, 0.25) is 0 Å². The van der Waals surface area contributed by atoms with Crippen molar-refractivity contribution in [3.8, 4) is 5.69 Å². The van der Waals surface area contributed by atoms with Gasteiger partial charge in [0.15, 0.2) is 0 Å². The summed E-state index contributed by atoms with van der Waals surface area (Å²) in [6.45, 7) is 5.14. The first-order valence-electron chi connectivity index (χ1n) is 6.09. The maximum Gasteiger partial charge on any atom is 0.0649 e. The lowest BCUT2D eigenvalue weighted by molar-refractivity contribution is 0.783. The average Bonchev–Trinajstić information content (AvgIpc) is 2.64. The van der Waals surface area contributed by atoms with E-state index < -0.39 is 0 Å². The molecule has 1 aromatic carbocycles. The van der Waals surface area contributed by atoms with E-state index in [1.165, 1.54) is 11.3 Å². The Kier molecular flexibility index (Phi) is 4.04. The van der Waals surface area contributed by atoms with Crippen LogP contribution < -0.4 is 5.32 Å². The Balaban J connectivity index is 2.37. The Morgan fingerprint density at radius 1 is 1.22 bits per heavy atom. The van der Waals surface area contributed by atoms with Gasteiger partial charge in [-0.2, -0.15) is 5.10 Å². The summed E-state index contributed by atoms with van der Waals surface area (Å²) in [5.74, 6) is 0. The van der Waals surface area contributed by atoms with Crippen molar-refractivity contribution in [2.75, 3.05) is 13.6 Å². The van der Waals surface area contributed by atoms with Crippen molar-refractivity contribution < 1.29 is 0 Å². The molecular formula is C14H18ClN3. The molecule has 2 rings (SSSR count). The van der Waals surface area contributed by atoms with Gasteiger partial charge in [-0.3, -0.25) is 0 Å². The zero-order valence-corrected chi connectivity index (χ0v) is 11.8. The molecule has 2 aromatic rings. The molecule has 96 valence electrons. The number of hydrogen-bond donors (Lipinski definition) is 1. The molecule has 0 aliphatic carbocycles. The van der Waals surface area contributed by atoms with Crippen molar-refractivity contribution >= 4 is 11.6 Å². The van der Waals surface area contributed by atoms with Crippen molar-refractivity contribution in [1.29, 1.82) is 0 Å². The van der Waals surface area contributed by atoms with Crippen LogP contribution >= 0.6 is 11.6 Å². The highest BCUT2D eigenvalue weighted by Gasteiger charge is 2.11. The second kappa shape index (κ2) is 5.55. The first-order valence-corrected chi connectivity index (χ1v) is 6.47. The van der Waals surface area contributed by atoms with Crippen LogP contribution in [0.1, 0.15) is 17.0 Å². The standard InChI is InChI=1S/C14H18ClN3/c1-10-14(8-9-16-3)11(2)18(17-10)13-6-4-12(15)5-7-13/h4-7,16H,8-9H2,1-3H3. The van der Waals surface area contributed by atoms with Crippen LogP contribution in [0, 0.1) is 13.8 Å². The summed E-state index contributed by atoms with van der Waals surface area (Å²) < 4.78 is 1.98. The van der Waals surface area contributed by atoms with Gasteiger partial charge in [-0.05, 0) is 63.7 Å². The van der Waals surface area contributed by atoms with Crippen LogP contribution in [0.4, 0.5) is 0 Å². The first kappa shape index (κ1) is 13.1. The van der Waals surface area contributed by atoms with Gasteiger partial charge in [0.25, 0.3) is 0 Å². The van der Waals surface area contributed by atoms with Crippen LogP contribution in [0.15, 0.2) is 24.3 Å². The van der Waals surface area contributed by atoms with Crippen LogP contribution in [-0.4, -0.2) is 23.4 Å². The maximum absolute atomic E-state index is 5.91. The maximum atomic E-state index is 5.91. The molecule has 4 heteroatoms. The van der Waals surface area contributed by atoms with Crippen LogP contribution in [0.25, 0.3) is 5.69 Å². The molecule has 0 fully saturated rings. The Labute approximate surface area is 113 Å². The molecule has 1 aromatic heterocycles. The minimum absolute atomic E-state index is 0.746. The van der Waals surface area contributed by atoms with Gasteiger partial charge in [-0.25, -0.2) is 4.68 Å². The molecule has 0 saturated carbocycles. The Bertz CT molecular complexity index is 529. The molecule has 0 aliphatic heterocycles. The lowest BCUT2D eigenvalue weighted by Crippen LogP contribution is -2.11. The molecule has 0 saturated heterocycles. The molecule has 0 radical (unpaired) electrons. The highest BCUT2D eigenvalue weighted by molar-refractivity contribution is 6.30. The average molecular weight is 264 g/mol. The molecule has 1 heterocycles. The third kappa shape index (κ3) is 2.57. The van der Waals surface area contributed by atoms with Crippen LogP contribution in [0.2, 0.25) is 5.02 Å². The molecule has 0 spiro atoms. The number of hydrogen-bond acceptors (Lipinski definition) is 2. The van der Waals surface area contributed by atoms with Gasteiger partial charge in [0, 0.05) is 10.7 Å². The molecule has 0 unspecified atom stereocenters. The highest BCUT2D eigenvalue weighted by Crippen LogP contribution is 2.19. The van der Waals surface area contributed by atoms with Crippen molar-refractivity contribution in [1.82, 2.24) is 15.1 Å². The number of nitrogens with one attached hydrogen (secondary N) is 1. The monoisotopic (exact) mass is 263 g/mol. The van der Waals surface area contributed by atoms with Crippen LogP contribution in [-0.2, 0) is 6.42 Å². The van der Waals surface area contributed by atoms with Crippen molar-refractivity contribution in [2.45, 2.75) is 20.3 Å². The van der Waals surface area contributed by atoms with E-state index in [0.29, 0.717) is 0 Å². The van der Waals surface area contributed by atoms with Crippen molar-refractivity contribution in [3.63, 3.8) is 0 Å². The normalized spacial score (nSPS) is 10.9. The molecule has 0 aliphatic rings. The predicted octanol–water partition coefficient (Wildman–Crippen LogP) is 2.90. The van der Waals surface area contributed by atoms with E-state index in [4.69, 9.17) is 11.6 Å². The van der Waals surface area contributed by atoms with E-state index in [1.54, 1.807) is 0 Å². The van der Waals surface area contributed by atoms with E-state index in [-0.39, 0.29) is 0 Å². The van der Waals surface area contributed by atoms with Crippen molar-refractivity contribution in [3.05, 3.63) is 46.2 Å². The number of nitrogens with zero attached hydrogens (tertiary/aromatic N) is 2. The number of halogens is 1. The second-order valence-electron chi connectivity index (χ2n) is 4.39. The van der Waals surface area contributed by atoms with Gasteiger partial charge in [0.05, 0.1) is 11.4 Å². The van der Waals surface area contributed by atoms with E-state index in [9.17, 15) is 0 Å². The molecule has 0 bridgehead atoms. The summed E-state index contributed by atoms with van der Waals surface area (Å²) in [6, 6.07) is 7.76. The van der Waals surface area contributed by atoms with Crippen molar-refractivity contribution in [2.24, 2.45) is 0 Å². The largest absolute Gasteiger partial charge is 0.319 e. The Morgan fingerprint density at radius 3 is 2.50 bits per heavy atom. The number of benzene rings is 1. The molecule has 0 amide bonds. The van der Waals surface area contributed by atoms with Gasteiger partial charge in [0.1, 0.15) is 0 Å². The van der Waals surface area contributed by atoms with Gasteiger partial charge < -0.3 is 5.32 Å². The van der Waals surface area contributed by atoms with E-state index >= 15 is 0 Å². The quantitative estimate of drug-likeness (QED) is 0.919. The third-order valence-electron chi connectivity index (χ3n) is 3.14. The molecule has 3 nitrogen and oxygen atoms in total. The Hall–Kier alpha value is -1.32. The summed E-state index contributed by atoms with van der Waals surface area (Å²) in [4.78, 5) is 0. The predicted molar refractivity (Wildman–Crippen MR) is 75.7 cm³/mol. The van der Waals surface area contributed by atoms with Gasteiger partial charge in [-0.1, -0.05) is 11.6 Å². The summed E-state index contributed by atoms with van der Waals surface area (Å²) in [5, 5.41) is 8.53. The zero-order valence-electron chi connectivity index (χ0n) is 11.0. The minimum atomic E-state index is 0.746. The molecule has 18 heavy (non-hydrogen) atoms.